The smallest absolute Gasteiger partial charge is 0.286 e. The zero-order valence-corrected chi connectivity index (χ0v) is 15.9. The van der Waals surface area contributed by atoms with E-state index >= 15 is 0 Å². The van der Waals surface area contributed by atoms with Crippen molar-refractivity contribution < 1.29 is 4.79 Å². The first-order chi connectivity index (χ1) is 14.3. The van der Waals surface area contributed by atoms with E-state index in [0.717, 1.165) is 29.2 Å². The van der Waals surface area contributed by atoms with E-state index in [1.165, 1.54) is 0 Å². The molecule has 0 atom stereocenters. The zero-order valence-electron chi connectivity index (χ0n) is 15.9. The van der Waals surface area contributed by atoms with Crippen LogP contribution >= 0.6 is 0 Å². The van der Waals surface area contributed by atoms with Crippen LogP contribution in [-0.4, -0.2) is 10.9 Å². The molecule has 144 valence electrons. The molecule has 4 aromatic rings. The van der Waals surface area contributed by atoms with Gasteiger partial charge in [0, 0.05) is 18.4 Å². The number of anilines is 3. The number of hydrazine groups is 1. The summed E-state index contributed by atoms with van der Waals surface area (Å²) in [6, 6.07) is 31.5. The number of benzene rings is 3. The standard InChI is InChI=1S/C24H22N4O/c29-24(23-12-7-17-25-23)27-28(21-10-5-2-6-11-21)22-15-13-19(14-16-22)18-26-20-8-3-1-4-9-20/h1-17,25-26H,18H2,(H,27,29). The third-order valence-corrected chi connectivity index (χ3v) is 4.54. The normalized spacial score (nSPS) is 10.3. The Kier molecular flexibility index (Phi) is 5.58. The molecule has 3 aromatic carbocycles. The molecule has 0 aliphatic carbocycles. The molecular weight excluding hydrogens is 360 g/mol. The van der Waals surface area contributed by atoms with Gasteiger partial charge in [0.15, 0.2) is 0 Å². The molecule has 5 nitrogen and oxygen atoms in total. The number of H-pyrrole nitrogens is 1. The lowest BCUT2D eigenvalue weighted by molar-refractivity contribution is 0.0949. The Hall–Kier alpha value is -3.99. The van der Waals surface area contributed by atoms with Gasteiger partial charge in [0.25, 0.3) is 5.91 Å². The number of aromatic nitrogens is 1. The van der Waals surface area contributed by atoms with Gasteiger partial charge in [-0.1, -0.05) is 48.5 Å². The van der Waals surface area contributed by atoms with Crippen LogP contribution in [0.5, 0.6) is 0 Å². The topological polar surface area (TPSA) is 60.2 Å². The Bertz CT molecular complexity index is 1030. The van der Waals surface area contributed by atoms with Crippen LogP contribution in [-0.2, 0) is 6.54 Å². The Labute approximate surface area is 170 Å². The largest absolute Gasteiger partial charge is 0.381 e. The lowest BCUT2D eigenvalue weighted by Gasteiger charge is -2.25. The number of para-hydroxylation sites is 2. The minimum absolute atomic E-state index is 0.200. The molecule has 0 saturated heterocycles. The van der Waals surface area contributed by atoms with Crippen molar-refractivity contribution in [2.75, 3.05) is 10.3 Å². The van der Waals surface area contributed by atoms with Crippen LogP contribution in [0.1, 0.15) is 16.1 Å². The lowest BCUT2D eigenvalue weighted by Crippen LogP contribution is -2.39. The van der Waals surface area contributed by atoms with E-state index in [9.17, 15) is 4.79 Å². The van der Waals surface area contributed by atoms with Crippen molar-refractivity contribution in [2.24, 2.45) is 0 Å². The summed E-state index contributed by atoms with van der Waals surface area (Å²) in [5, 5.41) is 5.19. The molecule has 0 radical (unpaired) electrons. The highest BCUT2D eigenvalue weighted by Crippen LogP contribution is 2.24. The third kappa shape index (κ3) is 4.65. The highest BCUT2D eigenvalue weighted by molar-refractivity contribution is 5.94. The van der Waals surface area contributed by atoms with Crippen LogP contribution in [0, 0.1) is 0 Å². The second kappa shape index (κ2) is 8.80. The molecule has 0 aliphatic rings. The molecule has 0 spiro atoms. The molecule has 0 unspecified atom stereocenters. The predicted octanol–water partition coefficient (Wildman–Crippen LogP) is 5.11. The van der Waals surface area contributed by atoms with Gasteiger partial charge < -0.3 is 10.3 Å². The summed E-state index contributed by atoms with van der Waals surface area (Å²) < 4.78 is 0. The number of amides is 1. The number of rotatable bonds is 7. The number of aromatic amines is 1. The van der Waals surface area contributed by atoms with Crippen molar-refractivity contribution in [3.05, 3.63) is 115 Å². The number of hydrogen-bond donors (Lipinski definition) is 3. The van der Waals surface area contributed by atoms with Crippen molar-refractivity contribution in [1.82, 2.24) is 10.4 Å². The SMILES string of the molecule is O=C(NN(c1ccccc1)c1ccc(CNc2ccccc2)cc1)c1ccc[nH]1. The number of carbonyl (C=O) groups is 1. The third-order valence-electron chi connectivity index (χ3n) is 4.54. The summed E-state index contributed by atoms with van der Waals surface area (Å²) in [4.78, 5) is 15.5. The molecule has 0 fully saturated rings. The van der Waals surface area contributed by atoms with Crippen LogP contribution in [0.4, 0.5) is 17.1 Å². The summed E-state index contributed by atoms with van der Waals surface area (Å²) in [7, 11) is 0. The van der Waals surface area contributed by atoms with Crippen LogP contribution in [0.2, 0.25) is 0 Å². The molecule has 1 heterocycles. The van der Waals surface area contributed by atoms with E-state index in [1.54, 1.807) is 23.3 Å². The Morgan fingerprint density at radius 1 is 0.759 bits per heavy atom. The Balaban J connectivity index is 1.52. The van der Waals surface area contributed by atoms with Gasteiger partial charge in [-0.25, -0.2) is 0 Å². The second-order valence-electron chi connectivity index (χ2n) is 6.58. The van der Waals surface area contributed by atoms with Crippen molar-refractivity contribution in [3.63, 3.8) is 0 Å². The van der Waals surface area contributed by atoms with Gasteiger partial charge in [-0.2, -0.15) is 0 Å². The molecule has 5 heteroatoms. The van der Waals surface area contributed by atoms with Gasteiger partial charge in [0.05, 0.1) is 11.4 Å². The van der Waals surface area contributed by atoms with Gasteiger partial charge in [-0.15, -0.1) is 0 Å². The molecule has 3 N–H and O–H groups in total. The number of nitrogens with zero attached hydrogens (tertiary/aromatic N) is 1. The quantitative estimate of drug-likeness (QED) is 0.389. The van der Waals surface area contributed by atoms with Crippen molar-refractivity contribution in [3.8, 4) is 0 Å². The monoisotopic (exact) mass is 382 g/mol. The van der Waals surface area contributed by atoms with Gasteiger partial charge in [0.1, 0.15) is 5.69 Å². The molecule has 29 heavy (non-hydrogen) atoms. The van der Waals surface area contributed by atoms with Gasteiger partial charge in [-0.3, -0.25) is 15.2 Å². The van der Waals surface area contributed by atoms with Crippen LogP contribution < -0.4 is 15.8 Å². The number of hydrogen-bond acceptors (Lipinski definition) is 3. The van der Waals surface area contributed by atoms with Crippen LogP contribution in [0.3, 0.4) is 0 Å². The van der Waals surface area contributed by atoms with E-state index in [0.29, 0.717) is 5.69 Å². The molecule has 0 aliphatic heterocycles. The van der Waals surface area contributed by atoms with Crippen molar-refractivity contribution >= 4 is 23.0 Å². The molecule has 0 saturated carbocycles. The zero-order chi connectivity index (χ0) is 19.9. The lowest BCUT2D eigenvalue weighted by atomic mass is 10.2. The minimum atomic E-state index is -0.200. The first kappa shape index (κ1) is 18.4. The highest BCUT2D eigenvalue weighted by Gasteiger charge is 2.14. The molecule has 0 bridgehead atoms. The highest BCUT2D eigenvalue weighted by atomic mass is 16.2. The fourth-order valence-electron chi connectivity index (χ4n) is 3.01. The Morgan fingerprint density at radius 3 is 2.07 bits per heavy atom. The maximum Gasteiger partial charge on any atom is 0.286 e. The van der Waals surface area contributed by atoms with Crippen LogP contribution in [0.15, 0.2) is 103 Å². The molecule has 4 rings (SSSR count). The maximum atomic E-state index is 12.6. The van der Waals surface area contributed by atoms with Gasteiger partial charge in [0.2, 0.25) is 0 Å². The molecule has 1 amide bonds. The second-order valence-corrected chi connectivity index (χ2v) is 6.58. The fourth-order valence-corrected chi connectivity index (χ4v) is 3.01. The summed E-state index contributed by atoms with van der Waals surface area (Å²) in [6.45, 7) is 0.727. The summed E-state index contributed by atoms with van der Waals surface area (Å²) >= 11 is 0. The van der Waals surface area contributed by atoms with E-state index < -0.39 is 0 Å². The average molecular weight is 382 g/mol. The van der Waals surface area contributed by atoms with Crippen molar-refractivity contribution in [2.45, 2.75) is 6.54 Å². The first-order valence-corrected chi connectivity index (χ1v) is 9.47. The number of carbonyl (C=O) groups excluding carboxylic acids is 1. The molecular formula is C24H22N4O. The fraction of sp³-hybridized carbons (Fsp3) is 0.0417. The van der Waals surface area contributed by atoms with Gasteiger partial charge in [-0.05, 0) is 54.1 Å². The van der Waals surface area contributed by atoms with Crippen molar-refractivity contribution in [1.29, 1.82) is 0 Å². The summed E-state index contributed by atoms with van der Waals surface area (Å²) in [6.07, 6.45) is 1.73. The maximum absolute atomic E-state index is 12.6. The van der Waals surface area contributed by atoms with E-state index in [-0.39, 0.29) is 5.91 Å². The average Bonchev–Trinajstić information content (AvgIpc) is 3.33. The van der Waals surface area contributed by atoms with E-state index in [4.69, 9.17) is 0 Å². The number of nitrogens with one attached hydrogen (secondary N) is 3. The predicted molar refractivity (Wildman–Crippen MR) is 117 cm³/mol. The Morgan fingerprint density at radius 2 is 1.41 bits per heavy atom. The van der Waals surface area contributed by atoms with Gasteiger partial charge >= 0.3 is 0 Å². The summed E-state index contributed by atoms with van der Waals surface area (Å²) in [5.41, 5.74) is 7.48. The first-order valence-electron chi connectivity index (χ1n) is 9.47. The van der Waals surface area contributed by atoms with Crippen LogP contribution in [0.25, 0.3) is 0 Å². The van der Waals surface area contributed by atoms with E-state index in [1.807, 2.05) is 72.8 Å². The molecule has 1 aromatic heterocycles. The summed E-state index contributed by atoms with van der Waals surface area (Å²) in [5.74, 6) is -0.200. The van der Waals surface area contributed by atoms with E-state index in [2.05, 4.69) is 27.9 Å². The minimum Gasteiger partial charge on any atom is -0.381 e.